The maximum absolute atomic E-state index is 11.7. The molecule has 2 aromatic carbocycles. The molecule has 0 aromatic heterocycles. The Kier molecular flexibility index (Phi) is 4.56. The van der Waals surface area contributed by atoms with Crippen LogP contribution in [0, 0.1) is 0 Å². The number of rotatable bonds is 4. The van der Waals surface area contributed by atoms with Crippen LogP contribution in [0.5, 0.6) is 0 Å². The van der Waals surface area contributed by atoms with Crippen molar-refractivity contribution < 1.29 is 38.9 Å². The minimum Gasteiger partial charge on any atom is -0.282 e. The molecule has 0 amide bonds. The first-order chi connectivity index (χ1) is 10.8. The van der Waals surface area contributed by atoms with E-state index >= 15 is 0 Å². The molecule has 0 fully saturated rings. The van der Waals surface area contributed by atoms with Gasteiger partial charge in [-0.3, -0.25) is 13.7 Å². The summed E-state index contributed by atoms with van der Waals surface area (Å²) in [5.41, 5.74) is -0.255. The zero-order chi connectivity index (χ0) is 18.3. The molecule has 0 spiro atoms. The first-order valence-corrected chi connectivity index (χ1v) is 10.3. The molecule has 130 valence electrons. The SMILES string of the molecule is O=S(=O)(O)c1ccc(-c2ccccc2)c(S(=O)(=O)O)c1S(=O)(=O)O. The molecular formula is C12H10O9S3. The Morgan fingerprint density at radius 3 is 1.50 bits per heavy atom. The third-order valence-corrected chi connectivity index (χ3v) is 5.99. The second kappa shape index (κ2) is 5.91. The third-order valence-electron chi connectivity index (χ3n) is 2.95. The van der Waals surface area contributed by atoms with E-state index in [0.29, 0.717) is 6.07 Å². The highest BCUT2D eigenvalue weighted by Crippen LogP contribution is 2.36. The lowest BCUT2D eigenvalue weighted by Crippen LogP contribution is -2.15. The molecule has 0 saturated carbocycles. The van der Waals surface area contributed by atoms with Crippen LogP contribution in [-0.2, 0) is 30.4 Å². The molecule has 24 heavy (non-hydrogen) atoms. The lowest BCUT2D eigenvalue weighted by molar-refractivity contribution is 0.456. The Labute approximate surface area is 137 Å². The van der Waals surface area contributed by atoms with Crippen LogP contribution in [0.1, 0.15) is 0 Å². The van der Waals surface area contributed by atoms with Crippen molar-refractivity contribution in [3.8, 4) is 11.1 Å². The Hall–Kier alpha value is -1.83. The van der Waals surface area contributed by atoms with Crippen LogP contribution in [0.3, 0.4) is 0 Å². The van der Waals surface area contributed by atoms with Crippen LogP contribution in [0.15, 0.2) is 57.2 Å². The highest BCUT2D eigenvalue weighted by molar-refractivity contribution is 7.90. The molecule has 0 aliphatic carbocycles. The van der Waals surface area contributed by atoms with Gasteiger partial charge in [-0.15, -0.1) is 0 Å². The first kappa shape index (κ1) is 18.5. The molecule has 2 aromatic rings. The molecule has 0 radical (unpaired) electrons. The maximum atomic E-state index is 11.7. The van der Waals surface area contributed by atoms with Gasteiger partial charge in [-0.1, -0.05) is 36.4 Å². The zero-order valence-electron chi connectivity index (χ0n) is 11.6. The molecule has 0 bridgehead atoms. The fourth-order valence-electron chi connectivity index (χ4n) is 2.09. The van der Waals surface area contributed by atoms with Gasteiger partial charge in [0, 0.05) is 5.56 Å². The van der Waals surface area contributed by atoms with Crippen molar-refractivity contribution >= 4 is 30.4 Å². The van der Waals surface area contributed by atoms with Crippen molar-refractivity contribution in [2.75, 3.05) is 0 Å². The lowest BCUT2D eigenvalue weighted by Gasteiger charge is -2.14. The van der Waals surface area contributed by atoms with Crippen LogP contribution >= 0.6 is 0 Å². The third kappa shape index (κ3) is 3.63. The standard InChI is InChI=1S/C12H10O9S3/c13-22(14,15)10-7-6-9(8-4-2-1-3-5-8)11(23(16,17)18)12(10)24(19,20)21/h1-7H,(H,13,14,15)(H,16,17,18)(H,19,20,21). The van der Waals surface area contributed by atoms with Crippen molar-refractivity contribution in [1.29, 1.82) is 0 Å². The fourth-order valence-corrected chi connectivity index (χ4v) is 5.47. The fraction of sp³-hybridized carbons (Fsp3) is 0. The number of benzene rings is 2. The molecule has 12 heteroatoms. The van der Waals surface area contributed by atoms with Gasteiger partial charge in [0.15, 0.2) is 0 Å². The molecule has 0 aliphatic rings. The minimum atomic E-state index is -5.44. The van der Waals surface area contributed by atoms with E-state index in [4.69, 9.17) is 4.55 Å². The summed E-state index contributed by atoms with van der Waals surface area (Å²) in [7, 11) is -15.9. The van der Waals surface area contributed by atoms with Crippen molar-refractivity contribution in [3.05, 3.63) is 42.5 Å². The predicted molar refractivity (Wildman–Crippen MR) is 81.3 cm³/mol. The van der Waals surface area contributed by atoms with Crippen molar-refractivity contribution in [3.63, 3.8) is 0 Å². The smallest absolute Gasteiger partial charge is 0.282 e. The summed E-state index contributed by atoms with van der Waals surface area (Å²) in [6.07, 6.45) is 0. The van der Waals surface area contributed by atoms with Crippen LogP contribution < -0.4 is 0 Å². The summed E-state index contributed by atoms with van der Waals surface area (Å²) in [4.78, 5) is -4.36. The molecule has 0 unspecified atom stereocenters. The molecule has 0 aliphatic heterocycles. The lowest BCUT2D eigenvalue weighted by atomic mass is 10.1. The summed E-state index contributed by atoms with van der Waals surface area (Å²) >= 11 is 0. The Morgan fingerprint density at radius 1 is 0.583 bits per heavy atom. The Bertz CT molecular complexity index is 1100. The maximum Gasteiger partial charge on any atom is 0.297 e. The van der Waals surface area contributed by atoms with Gasteiger partial charge in [-0.05, 0) is 11.6 Å². The van der Waals surface area contributed by atoms with E-state index in [9.17, 15) is 34.4 Å². The number of hydrogen-bond donors (Lipinski definition) is 3. The average molecular weight is 394 g/mol. The largest absolute Gasteiger partial charge is 0.297 e. The van der Waals surface area contributed by atoms with Crippen LogP contribution in [0.4, 0.5) is 0 Å². The summed E-state index contributed by atoms with van der Waals surface area (Å²) in [6, 6.07) is 8.76. The normalized spacial score (nSPS) is 13.0. The molecule has 0 heterocycles. The summed E-state index contributed by atoms with van der Waals surface area (Å²) in [5.74, 6) is 0. The van der Waals surface area contributed by atoms with E-state index in [2.05, 4.69) is 0 Å². The van der Waals surface area contributed by atoms with Gasteiger partial charge in [-0.25, -0.2) is 0 Å². The van der Waals surface area contributed by atoms with Gasteiger partial charge in [-0.2, -0.15) is 25.3 Å². The van der Waals surface area contributed by atoms with Crippen LogP contribution in [0.2, 0.25) is 0 Å². The van der Waals surface area contributed by atoms with Gasteiger partial charge in [0.05, 0.1) is 0 Å². The van der Waals surface area contributed by atoms with E-state index in [1.165, 1.54) is 24.3 Å². The topological polar surface area (TPSA) is 163 Å². The Balaban J connectivity index is 3.14. The van der Waals surface area contributed by atoms with Crippen molar-refractivity contribution in [2.24, 2.45) is 0 Å². The minimum absolute atomic E-state index is 0.122. The Morgan fingerprint density at radius 2 is 1.08 bits per heavy atom. The predicted octanol–water partition coefficient (Wildman–Crippen LogP) is 1.09. The van der Waals surface area contributed by atoms with E-state index in [1.54, 1.807) is 6.07 Å². The van der Waals surface area contributed by atoms with Gasteiger partial charge < -0.3 is 0 Å². The zero-order valence-corrected chi connectivity index (χ0v) is 14.0. The molecule has 0 atom stereocenters. The molecule has 3 N–H and O–H groups in total. The molecule has 0 saturated heterocycles. The van der Waals surface area contributed by atoms with Gasteiger partial charge in [0.2, 0.25) is 0 Å². The first-order valence-electron chi connectivity index (χ1n) is 5.98. The summed E-state index contributed by atoms with van der Waals surface area (Å²) < 4.78 is 96.9. The summed E-state index contributed by atoms with van der Waals surface area (Å²) in [6.45, 7) is 0. The van der Waals surface area contributed by atoms with E-state index in [0.717, 1.165) is 6.07 Å². The second-order valence-corrected chi connectivity index (χ2v) is 8.67. The van der Waals surface area contributed by atoms with Crippen LogP contribution in [0.25, 0.3) is 11.1 Å². The second-order valence-electron chi connectivity index (χ2n) is 4.56. The highest BCUT2D eigenvalue weighted by atomic mass is 32.2. The van der Waals surface area contributed by atoms with Gasteiger partial charge in [0.25, 0.3) is 30.4 Å². The quantitative estimate of drug-likeness (QED) is 0.644. The van der Waals surface area contributed by atoms with E-state index in [-0.39, 0.29) is 11.1 Å². The highest BCUT2D eigenvalue weighted by Gasteiger charge is 2.34. The van der Waals surface area contributed by atoms with Gasteiger partial charge in [0.1, 0.15) is 14.7 Å². The van der Waals surface area contributed by atoms with Crippen molar-refractivity contribution in [1.82, 2.24) is 0 Å². The van der Waals surface area contributed by atoms with E-state index < -0.39 is 45.0 Å². The summed E-state index contributed by atoms with van der Waals surface area (Å²) in [5, 5.41) is 0. The molecule has 9 nitrogen and oxygen atoms in total. The molecule has 2 rings (SSSR count). The van der Waals surface area contributed by atoms with E-state index in [1.807, 2.05) is 0 Å². The monoisotopic (exact) mass is 394 g/mol. The van der Waals surface area contributed by atoms with Crippen LogP contribution in [-0.4, -0.2) is 38.9 Å². The molecular weight excluding hydrogens is 384 g/mol. The average Bonchev–Trinajstić information content (AvgIpc) is 2.44. The van der Waals surface area contributed by atoms with Crippen molar-refractivity contribution in [2.45, 2.75) is 14.7 Å². The van der Waals surface area contributed by atoms with Gasteiger partial charge >= 0.3 is 0 Å². The number of hydrogen-bond acceptors (Lipinski definition) is 6.